The summed E-state index contributed by atoms with van der Waals surface area (Å²) >= 11 is 0. The van der Waals surface area contributed by atoms with E-state index in [1.165, 1.54) is 12.1 Å². The maximum Gasteiger partial charge on any atom is 0.573 e. The van der Waals surface area contributed by atoms with Crippen molar-refractivity contribution in [2.75, 3.05) is 18.8 Å². The van der Waals surface area contributed by atoms with Crippen molar-refractivity contribution in [1.29, 1.82) is 0 Å². The highest BCUT2D eigenvalue weighted by Crippen LogP contribution is 2.29. The second-order valence-corrected chi connectivity index (χ2v) is 4.87. The molecule has 0 atom stereocenters. The molecule has 0 saturated carbocycles. The van der Waals surface area contributed by atoms with Crippen molar-refractivity contribution >= 4 is 11.6 Å². The SMILES string of the molecule is CC1=CCCN(C(=O)c2ccc(OC(F)(F)F)c(N)c2)C1. The molecule has 1 aliphatic heterocycles. The van der Waals surface area contributed by atoms with Gasteiger partial charge in [0.05, 0.1) is 5.69 Å². The van der Waals surface area contributed by atoms with Crippen molar-refractivity contribution < 1.29 is 22.7 Å². The van der Waals surface area contributed by atoms with E-state index in [-0.39, 0.29) is 17.2 Å². The Bertz CT molecular complexity index is 582. The van der Waals surface area contributed by atoms with Crippen LogP contribution in [-0.2, 0) is 0 Å². The Morgan fingerprint density at radius 3 is 2.67 bits per heavy atom. The summed E-state index contributed by atoms with van der Waals surface area (Å²) in [6.07, 6.45) is -1.99. The lowest BCUT2D eigenvalue weighted by Crippen LogP contribution is -2.35. The third-order valence-electron chi connectivity index (χ3n) is 3.10. The van der Waals surface area contributed by atoms with Gasteiger partial charge < -0.3 is 15.4 Å². The maximum atomic E-state index is 12.3. The summed E-state index contributed by atoms with van der Waals surface area (Å²) in [6.45, 7) is 3.02. The smallest absolute Gasteiger partial charge is 0.404 e. The van der Waals surface area contributed by atoms with E-state index in [1.807, 2.05) is 6.92 Å². The number of anilines is 1. The van der Waals surface area contributed by atoms with Crippen molar-refractivity contribution in [3.05, 3.63) is 35.4 Å². The minimum Gasteiger partial charge on any atom is -0.404 e. The molecule has 0 fully saturated rings. The predicted octanol–water partition coefficient (Wildman–Crippen LogP) is 2.96. The Hall–Kier alpha value is -2.18. The zero-order valence-electron chi connectivity index (χ0n) is 11.4. The summed E-state index contributed by atoms with van der Waals surface area (Å²) in [5, 5.41) is 0. The van der Waals surface area contributed by atoms with Crippen molar-refractivity contribution in [3.8, 4) is 5.75 Å². The number of hydrogen-bond acceptors (Lipinski definition) is 3. The van der Waals surface area contributed by atoms with Crippen molar-refractivity contribution in [3.63, 3.8) is 0 Å². The van der Waals surface area contributed by atoms with E-state index in [2.05, 4.69) is 10.8 Å². The molecule has 114 valence electrons. The van der Waals surface area contributed by atoms with Crippen LogP contribution in [0.2, 0.25) is 0 Å². The van der Waals surface area contributed by atoms with Crippen molar-refractivity contribution in [2.45, 2.75) is 19.7 Å². The van der Waals surface area contributed by atoms with Crippen LogP contribution in [-0.4, -0.2) is 30.3 Å². The average Bonchev–Trinajstić information content (AvgIpc) is 2.39. The van der Waals surface area contributed by atoms with E-state index in [0.29, 0.717) is 13.1 Å². The molecule has 1 aromatic carbocycles. The van der Waals surface area contributed by atoms with Crippen LogP contribution in [0.4, 0.5) is 18.9 Å². The van der Waals surface area contributed by atoms with Crippen LogP contribution in [0.1, 0.15) is 23.7 Å². The monoisotopic (exact) mass is 300 g/mol. The van der Waals surface area contributed by atoms with Gasteiger partial charge in [0.15, 0.2) is 5.75 Å². The van der Waals surface area contributed by atoms with Gasteiger partial charge in [0.1, 0.15) is 0 Å². The van der Waals surface area contributed by atoms with Crippen LogP contribution in [0.5, 0.6) is 5.75 Å². The van der Waals surface area contributed by atoms with Crippen molar-refractivity contribution in [1.82, 2.24) is 4.90 Å². The first-order valence-corrected chi connectivity index (χ1v) is 6.36. The Morgan fingerprint density at radius 1 is 1.38 bits per heavy atom. The van der Waals surface area contributed by atoms with Crippen molar-refractivity contribution in [2.24, 2.45) is 0 Å². The van der Waals surface area contributed by atoms with Gasteiger partial charge in [-0.25, -0.2) is 0 Å². The molecule has 2 N–H and O–H groups in total. The lowest BCUT2D eigenvalue weighted by atomic mass is 10.1. The van der Waals surface area contributed by atoms with Gasteiger partial charge in [0.25, 0.3) is 5.91 Å². The number of carbonyl (C=O) groups excluding carboxylic acids is 1. The molecule has 4 nitrogen and oxygen atoms in total. The number of alkyl halides is 3. The highest BCUT2D eigenvalue weighted by Gasteiger charge is 2.32. The summed E-state index contributed by atoms with van der Waals surface area (Å²) < 4.78 is 40.2. The summed E-state index contributed by atoms with van der Waals surface area (Å²) in [7, 11) is 0. The van der Waals surface area contributed by atoms with E-state index in [9.17, 15) is 18.0 Å². The Balaban J connectivity index is 2.16. The number of nitrogens with two attached hydrogens (primary N) is 1. The lowest BCUT2D eigenvalue weighted by Gasteiger charge is -2.26. The summed E-state index contributed by atoms with van der Waals surface area (Å²) in [5.41, 5.74) is 6.63. The number of halogens is 3. The van der Waals surface area contributed by atoms with Gasteiger partial charge in [-0.15, -0.1) is 13.2 Å². The first-order chi connectivity index (χ1) is 9.76. The zero-order valence-corrected chi connectivity index (χ0v) is 11.4. The molecule has 21 heavy (non-hydrogen) atoms. The van der Waals surface area contributed by atoms with Gasteiger partial charge in [-0.3, -0.25) is 4.79 Å². The Morgan fingerprint density at radius 2 is 2.10 bits per heavy atom. The highest BCUT2D eigenvalue weighted by molar-refractivity contribution is 5.95. The molecule has 1 heterocycles. The fourth-order valence-corrected chi connectivity index (χ4v) is 2.17. The molecule has 0 radical (unpaired) electrons. The molecular weight excluding hydrogens is 285 g/mol. The summed E-state index contributed by atoms with van der Waals surface area (Å²) in [6, 6.07) is 3.55. The van der Waals surface area contributed by atoms with E-state index in [0.717, 1.165) is 18.1 Å². The fourth-order valence-electron chi connectivity index (χ4n) is 2.17. The molecule has 1 aliphatic rings. The fraction of sp³-hybridized carbons (Fsp3) is 0.357. The number of ether oxygens (including phenoxy) is 1. The van der Waals surface area contributed by atoms with E-state index >= 15 is 0 Å². The first kappa shape index (κ1) is 15.2. The largest absolute Gasteiger partial charge is 0.573 e. The molecule has 1 aromatic rings. The zero-order chi connectivity index (χ0) is 15.6. The van der Waals surface area contributed by atoms with Gasteiger partial charge in [0, 0.05) is 18.7 Å². The van der Waals surface area contributed by atoms with Gasteiger partial charge in [0.2, 0.25) is 0 Å². The van der Waals surface area contributed by atoms with Crippen LogP contribution < -0.4 is 10.5 Å². The normalized spacial score (nSPS) is 15.6. The quantitative estimate of drug-likeness (QED) is 0.675. The molecule has 0 aromatic heterocycles. The molecule has 0 aliphatic carbocycles. The minimum atomic E-state index is -4.81. The van der Waals surface area contributed by atoms with Gasteiger partial charge in [-0.1, -0.05) is 11.6 Å². The first-order valence-electron chi connectivity index (χ1n) is 6.36. The second kappa shape index (κ2) is 5.67. The molecule has 7 heteroatoms. The number of amides is 1. The maximum absolute atomic E-state index is 12.3. The van der Waals surface area contributed by atoms with Gasteiger partial charge >= 0.3 is 6.36 Å². The predicted molar refractivity (Wildman–Crippen MR) is 71.8 cm³/mol. The number of nitrogens with zero attached hydrogens (tertiary/aromatic N) is 1. The molecule has 0 spiro atoms. The third-order valence-corrected chi connectivity index (χ3v) is 3.10. The van der Waals surface area contributed by atoms with Crippen LogP contribution in [0.15, 0.2) is 29.8 Å². The third kappa shape index (κ3) is 3.90. The van der Waals surface area contributed by atoms with Crippen LogP contribution in [0.25, 0.3) is 0 Å². The van der Waals surface area contributed by atoms with Crippen LogP contribution in [0, 0.1) is 0 Å². The number of benzene rings is 1. The molecule has 0 saturated heterocycles. The van der Waals surface area contributed by atoms with Crippen LogP contribution >= 0.6 is 0 Å². The molecule has 2 rings (SSSR count). The summed E-state index contributed by atoms with van der Waals surface area (Å²) in [4.78, 5) is 13.9. The standard InChI is InChI=1S/C14H15F3N2O2/c1-9-3-2-6-19(8-9)13(20)10-4-5-12(11(18)7-10)21-14(15,16)17/h3-5,7H,2,6,8,18H2,1H3. The Kier molecular flexibility index (Phi) is 4.11. The van der Waals surface area contributed by atoms with E-state index in [4.69, 9.17) is 5.73 Å². The number of nitrogen functional groups attached to an aromatic ring is 1. The minimum absolute atomic E-state index is 0.220. The van der Waals surface area contributed by atoms with E-state index < -0.39 is 12.1 Å². The molecule has 0 unspecified atom stereocenters. The molecular formula is C14H15F3N2O2. The average molecular weight is 300 g/mol. The number of rotatable bonds is 2. The van der Waals surface area contributed by atoms with Gasteiger partial charge in [-0.2, -0.15) is 0 Å². The number of carbonyl (C=O) groups is 1. The van der Waals surface area contributed by atoms with Crippen LogP contribution in [0.3, 0.4) is 0 Å². The van der Waals surface area contributed by atoms with E-state index in [1.54, 1.807) is 4.90 Å². The van der Waals surface area contributed by atoms with Gasteiger partial charge in [-0.05, 0) is 31.5 Å². The second-order valence-electron chi connectivity index (χ2n) is 4.87. The summed E-state index contributed by atoms with van der Waals surface area (Å²) in [5.74, 6) is -0.763. The lowest BCUT2D eigenvalue weighted by molar-refractivity contribution is -0.274. The highest BCUT2D eigenvalue weighted by atomic mass is 19.4. The molecule has 0 bridgehead atoms. The number of hydrogen-bond donors (Lipinski definition) is 1. The topological polar surface area (TPSA) is 55.6 Å². The molecule has 1 amide bonds. The Labute approximate surface area is 120 Å².